The number of hydrogen-bond acceptors (Lipinski definition) is 0. The van der Waals surface area contributed by atoms with Crippen LogP contribution in [0.3, 0.4) is 0 Å². The van der Waals surface area contributed by atoms with Gasteiger partial charge < -0.3 is 0 Å². The van der Waals surface area contributed by atoms with E-state index in [-0.39, 0.29) is 5.41 Å². The fourth-order valence-corrected chi connectivity index (χ4v) is 2.48. The van der Waals surface area contributed by atoms with Crippen molar-refractivity contribution in [1.29, 1.82) is 0 Å². The Morgan fingerprint density at radius 3 is 2.15 bits per heavy atom. The van der Waals surface area contributed by atoms with E-state index in [1.807, 2.05) is 12.2 Å². The highest BCUT2D eigenvalue weighted by atomic mass is 14.3. The Morgan fingerprint density at radius 2 is 1.75 bits per heavy atom. The highest BCUT2D eigenvalue weighted by Crippen LogP contribution is 2.37. The highest BCUT2D eigenvalue weighted by Gasteiger charge is 2.24. The summed E-state index contributed by atoms with van der Waals surface area (Å²) in [7, 11) is 2.24. The van der Waals surface area contributed by atoms with E-state index in [0.29, 0.717) is 0 Å². The summed E-state index contributed by atoms with van der Waals surface area (Å²) in [6, 6.07) is 0. The molecule has 1 atom stereocenters. The van der Waals surface area contributed by atoms with Crippen molar-refractivity contribution < 1.29 is 0 Å². The molecule has 0 radical (unpaired) electrons. The van der Waals surface area contributed by atoms with Crippen LogP contribution in [0.5, 0.6) is 0 Å². The molecule has 0 aromatic carbocycles. The van der Waals surface area contributed by atoms with Crippen molar-refractivity contribution in [3.8, 4) is 0 Å². The molecule has 0 aromatic rings. The van der Waals surface area contributed by atoms with Crippen LogP contribution in [0.15, 0.2) is 59.7 Å². The molecule has 0 nitrogen and oxygen atoms in total. The first kappa shape index (κ1) is 18.8. The third-order valence-corrected chi connectivity index (χ3v) is 4.55. The average molecular weight is 270 g/mol. The standard InChI is InChI=1S/C19H31B/c1-8-12-13-14-19(7,11-4)16(6)17(9-2)15(5)18(20)10-3/h8,11-13H,1,4,9-10,14,20H2,2-3,5-7H3/b13-12-,17-16+,18-15+. The molecule has 0 fully saturated rings. The molecule has 0 saturated heterocycles. The molecule has 0 saturated carbocycles. The van der Waals surface area contributed by atoms with Crippen molar-refractivity contribution in [2.24, 2.45) is 5.41 Å². The second kappa shape index (κ2) is 8.84. The molecule has 0 heterocycles. The third-order valence-electron chi connectivity index (χ3n) is 4.55. The Kier molecular flexibility index (Phi) is 8.29. The molecule has 0 aliphatic rings. The van der Waals surface area contributed by atoms with Crippen molar-refractivity contribution in [3.05, 3.63) is 59.7 Å². The van der Waals surface area contributed by atoms with Crippen LogP contribution in [0.4, 0.5) is 0 Å². The van der Waals surface area contributed by atoms with Crippen LogP contribution < -0.4 is 0 Å². The topological polar surface area (TPSA) is 0 Å². The summed E-state index contributed by atoms with van der Waals surface area (Å²) < 4.78 is 0. The minimum Gasteiger partial charge on any atom is -0.107 e. The van der Waals surface area contributed by atoms with Crippen LogP contribution in [0.25, 0.3) is 0 Å². The van der Waals surface area contributed by atoms with Crippen LogP contribution in [-0.2, 0) is 0 Å². The number of allylic oxidation sites excluding steroid dienone is 8. The van der Waals surface area contributed by atoms with E-state index in [1.165, 1.54) is 22.2 Å². The average Bonchev–Trinajstić information content (AvgIpc) is 2.46. The molecule has 0 spiro atoms. The highest BCUT2D eigenvalue weighted by molar-refractivity contribution is 6.22. The predicted octanol–water partition coefficient (Wildman–Crippen LogP) is 5.35. The zero-order chi connectivity index (χ0) is 15.8. The van der Waals surface area contributed by atoms with Gasteiger partial charge in [-0.15, -0.1) is 12.1 Å². The maximum absolute atomic E-state index is 4.06. The van der Waals surface area contributed by atoms with Crippen LogP contribution in [0, 0.1) is 5.41 Å². The van der Waals surface area contributed by atoms with Gasteiger partial charge in [0.25, 0.3) is 0 Å². The summed E-state index contributed by atoms with van der Waals surface area (Å²) in [4.78, 5) is 0. The van der Waals surface area contributed by atoms with Gasteiger partial charge in [-0.25, -0.2) is 0 Å². The Morgan fingerprint density at radius 1 is 1.15 bits per heavy atom. The summed E-state index contributed by atoms with van der Waals surface area (Å²) in [5, 5.41) is 0. The van der Waals surface area contributed by atoms with Crippen molar-refractivity contribution in [2.75, 3.05) is 0 Å². The maximum atomic E-state index is 4.06. The van der Waals surface area contributed by atoms with E-state index in [9.17, 15) is 0 Å². The van der Waals surface area contributed by atoms with Crippen molar-refractivity contribution >= 4 is 7.85 Å². The minimum atomic E-state index is 0.0140. The summed E-state index contributed by atoms with van der Waals surface area (Å²) >= 11 is 0. The monoisotopic (exact) mass is 270 g/mol. The van der Waals surface area contributed by atoms with Gasteiger partial charge in [0.1, 0.15) is 7.85 Å². The first-order valence-corrected chi connectivity index (χ1v) is 7.65. The number of rotatable bonds is 8. The largest absolute Gasteiger partial charge is 0.134 e. The molecule has 0 N–H and O–H groups in total. The zero-order valence-corrected chi connectivity index (χ0v) is 14.3. The van der Waals surface area contributed by atoms with Gasteiger partial charge in [-0.3, -0.25) is 0 Å². The second-order valence-electron chi connectivity index (χ2n) is 5.71. The summed E-state index contributed by atoms with van der Waals surface area (Å²) in [5.74, 6) is 0. The predicted molar refractivity (Wildman–Crippen MR) is 96.8 cm³/mol. The molecule has 0 aromatic heterocycles. The minimum absolute atomic E-state index is 0.0140. The molecule has 0 aliphatic heterocycles. The lowest BCUT2D eigenvalue weighted by Gasteiger charge is -2.29. The number of hydrogen-bond donors (Lipinski definition) is 0. The quantitative estimate of drug-likeness (QED) is 0.316. The van der Waals surface area contributed by atoms with E-state index in [0.717, 1.165) is 19.3 Å². The smallest absolute Gasteiger partial charge is 0.107 e. The molecule has 0 aliphatic carbocycles. The second-order valence-corrected chi connectivity index (χ2v) is 5.71. The maximum Gasteiger partial charge on any atom is 0.134 e. The Bertz CT molecular complexity index is 435. The van der Waals surface area contributed by atoms with E-state index in [1.54, 1.807) is 0 Å². The van der Waals surface area contributed by atoms with Gasteiger partial charge in [-0.1, -0.05) is 62.8 Å². The summed E-state index contributed by atoms with van der Waals surface area (Å²) in [6.45, 7) is 19.0. The van der Waals surface area contributed by atoms with Gasteiger partial charge in [-0.05, 0) is 38.7 Å². The molecule has 0 bridgehead atoms. The lowest BCUT2D eigenvalue weighted by molar-refractivity contribution is 0.516. The molecule has 1 heteroatoms. The Hall–Kier alpha value is -1.24. The molecule has 0 amide bonds. The lowest BCUT2D eigenvalue weighted by atomic mass is 9.74. The van der Waals surface area contributed by atoms with Gasteiger partial charge >= 0.3 is 0 Å². The molecular weight excluding hydrogens is 239 g/mol. The van der Waals surface area contributed by atoms with Crippen LogP contribution in [0.1, 0.15) is 53.9 Å². The van der Waals surface area contributed by atoms with Crippen molar-refractivity contribution in [2.45, 2.75) is 53.9 Å². The molecule has 110 valence electrons. The molecular formula is C19H31B. The van der Waals surface area contributed by atoms with E-state index in [2.05, 4.69) is 67.8 Å². The first-order valence-electron chi connectivity index (χ1n) is 7.65. The van der Waals surface area contributed by atoms with Gasteiger partial charge in [0, 0.05) is 5.41 Å². The SMILES string of the molecule is B/C(CC)=C(C)/C(CC)=C(\C)C(C)(C=C)C/C=C\C=C. The normalized spacial score (nSPS) is 17.2. The first-order chi connectivity index (χ1) is 9.37. The van der Waals surface area contributed by atoms with Crippen molar-refractivity contribution in [3.63, 3.8) is 0 Å². The summed E-state index contributed by atoms with van der Waals surface area (Å²) in [5.41, 5.74) is 5.87. The van der Waals surface area contributed by atoms with Crippen LogP contribution >= 0.6 is 0 Å². The van der Waals surface area contributed by atoms with Crippen LogP contribution in [-0.4, -0.2) is 7.85 Å². The summed E-state index contributed by atoms with van der Waals surface area (Å²) in [6.07, 6.45) is 11.3. The van der Waals surface area contributed by atoms with Gasteiger partial charge in [0.05, 0.1) is 0 Å². The van der Waals surface area contributed by atoms with Crippen molar-refractivity contribution in [1.82, 2.24) is 0 Å². The molecule has 0 rings (SSSR count). The van der Waals surface area contributed by atoms with E-state index >= 15 is 0 Å². The lowest BCUT2D eigenvalue weighted by Crippen LogP contribution is -2.16. The van der Waals surface area contributed by atoms with E-state index < -0.39 is 0 Å². The molecule has 1 unspecified atom stereocenters. The van der Waals surface area contributed by atoms with Gasteiger partial charge in [-0.2, -0.15) is 0 Å². The third kappa shape index (κ3) is 4.70. The van der Waals surface area contributed by atoms with Gasteiger partial charge in [0.2, 0.25) is 0 Å². The zero-order valence-electron chi connectivity index (χ0n) is 14.3. The fraction of sp³-hybridized carbons (Fsp3) is 0.474. The van der Waals surface area contributed by atoms with Gasteiger partial charge in [0.15, 0.2) is 0 Å². The fourth-order valence-electron chi connectivity index (χ4n) is 2.48. The Balaban J connectivity index is 5.75. The van der Waals surface area contributed by atoms with E-state index in [4.69, 9.17) is 0 Å². The molecule has 20 heavy (non-hydrogen) atoms. The Labute approximate surface area is 127 Å². The van der Waals surface area contributed by atoms with Crippen LogP contribution in [0.2, 0.25) is 0 Å².